The lowest BCUT2D eigenvalue weighted by Gasteiger charge is -2.03. The average molecular weight is 214 g/mol. The third-order valence-corrected chi connectivity index (χ3v) is 1.59. The highest BCUT2D eigenvalue weighted by molar-refractivity contribution is 5.74. The van der Waals surface area contributed by atoms with Crippen LogP contribution in [0, 0.1) is 15.9 Å². The number of carbonyl (C=O) groups is 1. The lowest BCUT2D eigenvalue weighted by molar-refractivity contribution is -0.384. The van der Waals surface area contributed by atoms with E-state index < -0.39 is 28.9 Å². The van der Waals surface area contributed by atoms with Gasteiger partial charge < -0.3 is 10.4 Å². The van der Waals surface area contributed by atoms with E-state index >= 15 is 0 Å². The first kappa shape index (κ1) is 10.9. The van der Waals surface area contributed by atoms with Crippen molar-refractivity contribution in [2.45, 2.75) is 0 Å². The van der Waals surface area contributed by atoms with Gasteiger partial charge in [-0.05, 0) is 12.1 Å². The van der Waals surface area contributed by atoms with E-state index in [2.05, 4.69) is 5.32 Å². The van der Waals surface area contributed by atoms with Gasteiger partial charge in [0.15, 0.2) is 0 Å². The predicted octanol–water partition coefficient (Wildman–Crippen LogP) is 1.23. The fraction of sp³-hybridized carbons (Fsp3) is 0.125. The van der Waals surface area contributed by atoms with Gasteiger partial charge in [0.25, 0.3) is 5.69 Å². The topological polar surface area (TPSA) is 92.5 Å². The molecule has 2 N–H and O–H groups in total. The van der Waals surface area contributed by atoms with Gasteiger partial charge in [0.2, 0.25) is 0 Å². The molecular formula is C8H7FN2O4. The number of carboxylic acid groups (broad SMARTS) is 1. The second-order valence-corrected chi connectivity index (χ2v) is 2.67. The van der Waals surface area contributed by atoms with Crippen LogP contribution >= 0.6 is 0 Å². The number of nitro groups is 1. The van der Waals surface area contributed by atoms with Gasteiger partial charge in [-0.1, -0.05) is 0 Å². The summed E-state index contributed by atoms with van der Waals surface area (Å²) in [5.41, 5.74) is -0.514. The van der Waals surface area contributed by atoms with Crippen molar-refractivity contribution in [3.63, 3.8) is 0 Å². The molecule has 7 heteroatoms. The maximum absolute atomic E-state index is 12.7. The van der Waals surface area contributed by atoms with E-state index in [-0.39, 0.29) is 5.69 Å². The number of rotatable bonds is 4. The first-order chi connectivity index (χ1) is 7.00. The third-order valence-electron chi connectivity index (χ3n) is 1.59. The predicted molar refractivity (Wildman–Crippen MR) is 49.2 cm³/mol. The van der Waals surface area contributed by atoms with Gasteiger partial charge in [-0.2, -0.15) is 0 Å². The standard InChI is InChI=1S/C8H7FN2O4/c9-5-1-2-6(10-4-8(12)13)7(3-5)11(14)15/h1-3,10H,4H2,(H,12,13). The Morgan fingerprint density at radius 3 is 2.80 bits per heavy atom. The molecule has 0 radical (unpaired) electrons. The Bertz CT molecular complexity index is 408. The molecule has 0 amide bonds. The van der Waals surface area contributed by atoms with Gasteiger partial charge in [-0.25, -0.2) is 4.39 Å². The van der Waals surface area contributed by atoms with Crippen molar-refractivity contribution in [2.75, 3.05) is 11.9 Å². The van der Waals surface area contributed by atoms with E-state index in [0.29, 0.717) is 0 Å². The number of carboxylic acids is 1. The summed E-state index contributed by atoms with van der Waals surface area (Å²) in [5, 5.41) is 21.1. The van der Waals surface area contributed by atoms with Crippen molar-refractivity contribution in [1.29, 1.82) is 0 Å². The van der Waals surface area contributed by atoms with Gasteiger partial charge in [-0.3, -0.25) is 14.9 Å². The molecule has 15 heavy (non-hydrogen) atoms. The van der Waals surface area contributed by atoms with E-state index in [4.69, 9.17) is 5.11 Å². The molecule has 0 heterocycles. The van der Waals surface area contributed by atoms with Gasteiger partial charge in [0, 0.05) is 0 Å². The highest BCUT2D eigenvalue weighted by atomic mass is 19.1. The number of nitro benzene ring substituents is 1. The van der Waals surface area contributed by atoms with E-state index in [0.717, 1.165) is 18.2 Å². The Morgan fingerprint density at radius 2 is 2.27 bits per heavy atom. The van der Waals surface area contributed by atoms with Crippen LogP contribution in [0.5, 0.6) is 0 Å². The smallest absolute Gasteiger partial charge is 0.322 e. The molecule has 1 rings (SSSR count). The Balaban J connectivity index is 2.95. The Kier molecular flexibility index (Phi) is 3.17. The van der Waals surface area contributed by atoms with Crippen molar-refractivity contribution in [3.8, 4) is 0 Å². The maximum Gasteiger partial charge on any atom is 0.322 e. The Hall–Kier alpha value is -2.18. The van der Waals surface area contributed by atoms with Crippen LogP contribution in [-0.4, -0.2) is 22.5 Å². The monoisotopic (exact) mass is 214 g/mol. The number of anilines is 1. The molecule has 0 aliphatic carbocycles. The lowest BCUT2D eigenvalue weighted by atomic mass is 10.2. The summed E-state index contributed by atoms with van der Waals surface area (Å²) in [4.78, 5) is 19.9. The van der Waals surface area contributed by atoms with E-state index in [1.807, 2.05) is 0 Å². The molecular weight excluding hydrogens is 207 g/mol. The van der Waals surface area contributed by atoms with Crippen LogP contribution in [0.1, 0.15) is 0 Å². The molecule has 0 aliphatic heterocycles. The van der Waals surface area contributed by atoms with Gasteiger partial charge in [-0.15, -0.1) is 0 Å². The van der Waals surface area contributed by atoms with Crippen molar-refractivity contribution < 1.29 is 19.2 Å². The highest BCUT2D eigenvalue weighted by Crippen LogP contribution is 2.24. The zero-order valence-electron chi connectivity index (χ0n) is 7.44. The molecule has 6 nitrogen and oxygen atoms in total. The normalized spacial score (nSPS) is 9.67. The lowest BCUT2D eigenvalue weighted by Crippen LogP contribution is -2.13. The minimum atomic E-state index is -1.16. The van der Waals surface area contributed by atoms with Crippen LogP contribution in [0.3, 0.4) is 0 Å². The minimum Gasteiger partial charge on any atom is -0.480 e. The Morgan fingerprint density at radius 1 is 1.60 bits per heavy atom. The SMILES string of the molecule is O=C(O)CNc1ccc(F)cc1[N+](=O)[O-]. The number of nitrogens with one attached hydrogen (secondary N) is 1. The van der Waals surface area contributed by atoms with Gasteiger partial charge >= 0.3 is 5.97 Å². The van der Waals surface area contributed by atoms with Crippen molar-refractivity contribution >= 4 is 17.3 Å². The molecule has 0 unspecified atom stereocenters. The number of hydrogen-bond acceptors (Lipinski definition) is 4. The molecule has 0 fully saturated rings. The van der Waals surface area contributed by atoms with Gasteiger partial charge in [0.1, 0.15) is 18.0 Å². The van der Waals surface area contributed by atoms with Crippen LogP contribution < -0.4 is 5.32 Å². The largest absolute Gasteiger partial charge is 0.480 e. The summed E-state index contributed by atoms with van der Waals surface area (Å²) in [6, 6.07) is 2.86. The quantitative estimate of drug-likeness (QED) is 0.580. The second-order valence-electron chi connectivity index (χ2n) is 2.67. The molecule has 1 aromatic rings. The first-order valence-electron chi connectivity index (χ1n) is 3.90. The van der Waals surface area contributed by atoms with Crippen molar-refractivity contribution in [2.24, 2.45) is 0 Å². The van der Waals surface area contributed by atoms with Crippen LogP contribution in [0.15, 0.2) is 18.2 Å². The number of halogens is 1. The van der Waals surface area contributed by atoms with E-state index in [1.165, 1.54) is 0 Å². The number of benzene rings is 1. The molecule has 0 saturated heterocycles. The molecule has 0 spiro atoms. The molecule has 0 saturated carbocycles. The molecule has 0 aromatic heterocycles. The fourth-order valence-corrected chi connectivity index (χ4v) is 0.976. The summed E-state index contributed by atoms with van der Waals surface area (Å²) in [6.45, 7) is -0.466. The van der Waals surface area contributed by atoms with Crippen LogP contribution in [0.2, 0.25) is 0 Å². The third kappa shape index (κ3) is 2.90. The average Bonchev–Trinajstić information content (AvgIpc) is 2.15. The minimum absolute atomic E-state index is 0.0243. The maximum atomic E-state index is 12.7. The zero-order valence-corrected chi connectivity index (χ0v) is 7.44. The number of hydrogen-bond donors (Lipinski definition) is 2. The summed E-state index contributed by atoms with van der Waals surface area (Å²) < 4.78 is 12.7. The van der Waals surface area contributed by atoms with Crippen LogP contribution in [-0.2, 0) is 4.79 Å². The van der Waals surface area contributed by atoms with Crippen LogP contribution in [0.25, 0.3) is 0 Å². The van der Waals surface area contributed by atoms with Gasteiger partial charge in [0.05, 0.1) is 11.0 Å². The summed E-state index contributed by atoms with van der Waals surface area (Å²) in [5.74, 6) is -1.91. The fourth-order valence-electron chi connectivity index (χ4n) is 0.976. The molecule has 0 atom stereocenters. The summed E-state index contributed by atoms with van der Waals surface area (Å²) >= 11 is 0. The van der Waals surface area contributed by atoms with E-state index in [9.17, 15) is 19.3 Å². The van der Waals surface area contributed by atoms with Crippen LogP contribution in [0.4, 0.5) is 15.8 Å². The summed E-state index contributed by atoms with van der Waals surface area (Å²) in [7, 11) is 0. The number of aliphatic carboxylic acids is 1. The Labute approximate surface area is 83.5 Å². The second kappa shape index (κ2) is 4.36. The molecule has 80 valence electrons. The molecule has 0 aliphatic rings. The zero-order chi connectivity index (χ0) is 11.4. The first-order valence-corrected chi connectivity index (χ1v) is 3.90. The number of nitrogens with zero attached hydrogens (tertiary/aromatic N) is 1. The molecule has 1 aromatic carbocycles. The van der Waals surface area contributed by atoms with Crippen molar-refractivity contribution in [3.05, 3.63) is 34.1 Å². The summed E-state index contributed by atoms with van der Waals surface area (Å²) in [6.07, 6.45) is 0. The highest BCUT2D eigenvalue weighted by Gasteiger charge is 2.14. The van der Waals surface area contributed by atoms with Crippen molar-refractivity contribution in [1.82, 2.24) is 0 Å². The molecule has 0 bridgehead atoms. The van der Waals surface area contributed by atoms with E-state index in [1.54, 1.807) is 0 Å².